The maximum Gasteiger partial charge on any atom is 0.313 e. The van der Waals surface area contributed by atoms with E-state index in [9.17, 15) is 9.59 Å². The van der Waals surface area contributed by atoms with Crippen LogP contribution in [0.2, 0.25) is 0 Å². The summed E-state index contributed by atoms with van der Waals surface area (Å²) in [5, 5.41) is 5.85. The van der Waals surface area contributed by atoms with Crippen LogP contribution in [0.3, 0.4) is 0 Å². The molecule has 0 saturated carbocycles. The van der Waals surface area contributed by atoms with Crippen molar-refractivity contribution in [3.8, 4) is 0 Å². The van der Waals surface area contributed by atoms with E-state index in [-0.39, 0.29) is 0 Å². The van der Waals surface area contributed by atoms with E-state index in [1.54, 1.807) is 17.0 Å². The molecule has 5 nitrogen and oxygen atoms in total. The summed E-state index contributed by atoms with van der Waals surface area (Å²) >= 11 is 3.41. The first kappa shape index (κ1) is 15.0. The molecule has 0 aliphatic carbocycles. The molecule has 0 bridgehead atoms. The van der Waals surface area contributed by atoms with Crippen LogP contribution in [0.1, 0.15) is 12.0 Å². The van der Waals surface area contributed by atoms with Crippen molar-refractivity contribution in [1.82, 2.24) is 10.2 Å². The predicted octanol–water partition coefficient (Wildman–Crippen LogP) is 1.52. The Kier molecular flexibility index (Phi) is 5.14. The number of nitrogens with one attached hydrogen (secondary N) is 2. The number of hydrogen-bond donors (Lipinski definition) is 2. The third kappa shape index (κ3) is 3.80. The highest BCUT2D eigenvalue weighted by Crippen LogP contribution is 2.20. The number of carbonyl (C=O) groups excluding carboxylic acids is 2. The minimum Gasteiger partial charge on any atom is -0.333 e. The van der Waals surface area contributed by atoms with Crippen LogP contribution in [0.15, 0.2) is 22.7 Å². The molecule has 0 aromatic heterocycles. The van der Waals surface area contributed by atoms with E-state index < -0.39 is 11.8 Å². The zero-order valence-electron chi connectivity index (χ0n) is 11.4. The second-order valence-electron chi connectivity index (χ2n) is 4.81. The first-order chi connectivity index (χ1) is 9.58. The molecule has 0 unspecified atom stereocenters. The quantitative estimate of drug-likeness (QED) is 0.762. The zero-order chi connectivity index (χ0) is 14.5. The van der Waals surface area contributed by atoms with Crippen molar-refractivity contribution in [2.24, 2.45) is 0 Å². The van der Waals surface area contributed by atoms with Gasteiger partial charge in [-0.05, 0) is 37.6 Å². The summed E-state index contributed by atoms with van der Waals surface area (Å²) in [6.45, 7) is 4.77. The summed E-state index contributed by atoms with van der Waals surface area (Å²) in [6, 6.07) is 5.47. The summed E-state index contributed by atoms with van der Waals surface area (Å²) in [5.41, 5.74) is 1.70. The van der Waals surface area contributed by atoms with E-state index in [0.29, 0.717) is 18.8 Å². The number of benzene rings is 1. The Morgan fingerprint density at radius 2 is 2.10 bits per heavy atom. The van der Waals surface area contributed by atoms with Crippen LogP contribution in [0.25, 0.3) is 0 Å². The summed E-state index contributed by atoms with van der Waals surface area (Å²) in [5.74, 6) is -1.05. The number of aryl methyl sites for hydroxylation is 1. The van der Waals surface area contributed by atoms with Crippen LogP contribution in [0.4, 0.5) is 5.69 Å². The summed E-state index contributed by atoms with van der Waals surface area (Å²) in [4.78, 5) is 25.7. The molecule has 1 aliphatic rings. The van der Waals surface area contributed by atoms with Crippen molar-refractivity contribution in [2.45, 2.75) is 13.3 Å². The number of rotatable bonds is 1. The van der Waals surface area contributed by atoms with Gasteiger partial charge in [0.05, 0.1) is 0 Å². The number of halogens is 1. The first-order valence-corrected chi connectivity index (χ1v) is 7.44. The number of anilines is 1. The smallest absolute Gasteiger partial charge is 0.313 e. The van der Waals surface area contributed by atoms with E-state index in [1.807, 2.05) is 13.0 Å². The molecule has 2 amide bonds. The molecule has 2 rings (SSSR count). The highest BCUT2D eigenvalue weighted by Gasteiger charge is 2.22. The fraction of sp³-hybridized carbons (Fsp3) is 0.429. The van der Waals surface area contributed by atoms with Crippen LogP contribution in [-0.4, -0.2) is 42.9 Å². The SMILES string of the molecule is Cc1ccc(NC(=O)C(=O)N2CCCNCC2)cc1Br. The van der Waals surface area contributed by atoms with Gasteiger partial charge in [0.15, 0.2) is 0 Å². The molecule has 1 aromatic carbocycles. The zero-order valence-corrected chi connectivity index (χ0v) is 13.0. The molecule has 0 atom stereocenters. The minimum absolute atomic E-state index is 0.467. The third-order valence-electron chi connectivity index (χ3n) is 3.25. The van der Waals surface area contributed by atoms with Crippen LogP contribution in [0, 0.1) is 6.92 Å². The number of amides is 2. The Labute approximate surface area is 126 Å². The van der Waals surface area contributed by atoms with E-state index in [0.717, 1.165) is 29.5 Å². The number of nitrogens with zero attached hydrogens (tertiary/aromatic N) is 1. The molecule has 1 fully saturated rings. The lowest BCUT2D eigenvalue weighted by atomic mass is 10.2. The van der Waals surface area contributed by atoms with Gasteiger partial charge in [-0.25, -0.2) is 0 Å². The monoisotopic (exact) mass is 339 g/mol. The molecule has 0 spiro atoms. The Morgan fingerprint density at radius 1 is 1.30 bits per heavy atom. The lowest BCUT2D eigenvalue weighted by Crippen LogP contribution is -2.41. The largest absolute Gasteiger partial charge is 0.333 e. The first-order valence-electron chi connectivity index (χ1n) is 6.65. The maximum atomic E-state index is 12.1. The van der Waals surface area contributed by atoms with Crippen LogP contribution in [-0.2, 0) is 9.59 Å². The Hall–Kier alpha value is -1.40. The topological polar surface area (TPSA) is 61.4 Å². The Morgan fingerprint density at radius 3 is 2.85 bits per heavy atom. The van der Waals surface area contributed by atoms with Gasteiger partial charge in [-0.2, -0.15) is 0 Å². The highest BCUT2D eigenvalue weighted by molar-refractivity contribution is 9.10. The lowest BCUT2D eigenvalue weighted by Gasteiger charge is -2.19. The van der Waals surface area contributed by atoms with Gasteiger partial charge in [0.25, 0.3) is 0 Å². The summed E-state index contributed by atoms with van der Waals surface area (Å²) in [7, 11) is 0. The van der Waals surface area contributed by atoms with Gasteiger partial charge in [0.2, 0.25) is 0 Å². The van der Waals surface area contributed by atoms with Gasteiger partial charge < -0.3 is 15.5 Å². The fourth-order valence-corrected chi connectivity index (χ4v) is 2.43. The molecule has 2 N–H and O–H groups in total. The van der Waals surface area contributed by atoms with Crippen molar-refractivity contribution in [2.75, 3.05) is 31.5 Å². The second kappa shape index (κ2) is 6.85. The third-order valence-corrected chi connectivity index (χ3v) is 4.11. The molecular formula is C14H18BrN3O2. The fourth-order valence-electron chi connectivity index (χ4n) is 2.05. The summed E-state index contributed by atoms with van der Waals surface area (Å²) in [6.07, 6.45) is 0.870. The highest BCUT2D eigenvalue weighted by atomic mass is 79.9. The van der Waals surface area contributed by atoms with Crippen molar-refractivity contribution >= 4 is 33.4 Å². The molecule has 20 heavy (non-hydrogen) atoms. The Balaban J connectivity index is 1.99. The van der Waals surface area contributed by atoms with Gasteiger partial charge in [-0.1, -0.05) is 22.0 Å². The minimum atomic E-state index is -0.581. The molecule has 1 aliphatic heterocycles. The normalized spacial score (nSPS) is 15.6. The summed E-state index contributed by atoms with van der Waals surface area (Å²) < 4.78 is 0.904. The van der Waals surface area contributed by atoms with Crippen molar-refractivity contribution in [3.63, 3.8) is 0 Å². The van der Waals surface area contributed by atoms with Gasteiger partial charge in [0.1, 0.15) is 0 Å². The number of carbonyl (C=O) groups is 2. The molecule has 0 radical (unpaired) electrons. The number of hydrogen-bond acceptors (Lipinski definition) is 3. The molecule has 1 heterocycles. The van der Waals surface area contributed by atoms with E-state index in [4.69, 9.17) is 0 Å². The average Bonchev–Trinajstić information content (AvgIpc) is 2.71. The molecule has 1 saturated heterocycles. The maximum absolute atomic E-state index is 12.1. The van der Waals surface area contributed by atoms with Gasteiger partial charge in [-0.3, -0.25) is 9.59 Å². The van der Waals surface area contributed by atoms with Crippen LogP contribution in [0.5, 0.6) is 0 Å². The van der Waals surface area contributed by atoms with Crippen LogP contribution < -0.4 is 10.6 Å². The van der Waals surface area contributed by atoms with Crippen molar-refractivity contribution < 1.29 is 9.59 Å². The van der Waals surface area contributed by atoms with Crippen molar-refractivity contribution in [1.29, 1.82) is 0 Å². The molecular weight excluding hydrogens is 322 g/mol. The van der Waals surface area contributed by atoms with Gasteiger partial charge >= 0.3 is 11.8 Å². The Bertz CT molecular complexity index is 511. The molecule has 108 valence electrons. The van der Waals surface area contributed by atoms with Crippen LogP contribution >= 0.6 is 15.9 Å². The van der Waals surface area contributed by atoms with Gasteiger partial charge in [-0.15, -0.1) is 0 Å². The average molecular weight is 340 g/mol. The second-order valence-corrected chi connectivity index (χ2v) is 5.67. The van der Waals surface area contributed by atoms with Crippen molar-refractivity contribution in [3.05, 3.63) is 28.2 Å². The van der Waals surface area contributed by atoms with Gasteiger partial charge in [0, 0.05) is 29.8 Å². The molecule has 6 heteroatoms. The van der Waals surface area contributed by atoms with E-state index >= 15 is 0 Å². The van der Waals surface area contributed by atoms with E-state index in [1.165, 1.54) is 0 Å². The van der Waals surface area contributed by atoms with E-state index in [2.05, 4.69) is 26.6 Å². The molecule has 1 aromatic rings. The lowest BCUT2D eigenvalue weighted by molar-refractivity contribution is -0.143. The predicted molar refractivity (Wildman–Crippen MR) is 81.6 cm³/mol. The standard InChI is InChI=1S/C14H18BrN3O2/c1-10-3-4-11(9-12(10)15)17-13(19)14(20)18-7-2-5-16-6-8-18/h3-4,9,16H,2,5-8H2,1H3,(H,17,19).